The predicted molar refractivity (Wildman–Crippen MR) is 137 cm³/mol. The lowest BCUT2D eigenvalue weighted by Crippen LogP contribution is -2.26. The quantitative estimate of drug-likeness (QED) is 0.462. The Balaban J connectivity index is 1.64. The van der Waals surface area contributed by atoms with Gasteiger partial charge < -0.3 is 18.8 Å². The molecule has 0 unspecified atom stereocenters. The van der Waals surface area contributed by atoms with Gasteiger partial charge >= 0.3 is 0 Å². The maximum Gasteiger partial charge on any atom is 0.229 e. The molecule has 7 heteroatoms. The van der Waals surface area contributed by atoms with Crippen molar-refractivity contribution >= 4 is 11.9 Å². The molecule has 1 aliphatic rings. The van der Waals surface area contributed by atoms with E-state index in [1.165, 1.54) is 6.42 Å². The summed E-state index contributed by atoms with van der Waals surface area (Å²) in [5.41, 5.74) is 4.19. The first-order valence-corrected chi connectivity index (χ1v) is 12.2. The number of nitrogens with one attached hydrogen (secondary N) is 1. The molecule has 1 aliphatic carbocycles. The van der Waals surface area contributed by atoms with Gasteiger partial charge in [0, 0.05) is 31.5 Å². The number of hydrogen-bond donors (Lipinski definition) is 1. The third-order valence-electron chi connectivity index (χ3n) is 6.86. The van der Waals surface area contributed by atoms with Crippen LogP contribution in [-0.2, 0) is 24.7 Å². The fourth-order valence-corrected chi connectivity index (χ4v) is 4.76. The molecular weight excluding hydrogens is 442 g/mol. The van der Waals surface area contributed by atoms with Gasteiger partial charge in [0.05, 0.1) is 27.0 Å². The third kappa shape index (κ3) is 5.78. The number of hydrogen-bond acceptors (Lipinski definition) is 5. The van der Waals surface area contributed by atoms with Crippen molar-refractivity contribution < 1.29 is 19.0 Å². The van der Waals surface area contributed by atoms with E-state index in [9.17, 15) is 4.79 Å². The van der Waals surface area contributed by atoms with E-state index in [1.807, 2.05) is 54.1 Å². The maximum atomic E-state index is 13.0. The Bertz CT molecular complexity index is 1150. The molecule has 0 bridgehead atoms. The van der Waals surface area contributed by atoms with Gasteiger partial charge in [-0.2, -0.15) is 0 Å². The Morgan fingerprint density at radius 2 is 1.60 bits per heavy atom. The standard InChI is InChI=1S/C28H35N3O4/c1-31-24(17-20-12-15-25(34-3)26(18-20)35-4)23(16-19-10-13-22(33-2)14-11-19)29-28(31)30-27(32)21-8-6-5-7-9-21/h10-15,18,21H,5-9,16-17H2,1-4H3,(H,29,30,32). The van der Waals surface area contributed by atoms with Crippen LogP contribution in [0.15, 0.2) is 42.5 Å². The summed E-state index contributed by atoms with van der Waals surface area (Å²) in [4.78, 5) is 17.9. The summed E-state index contributed by atoms with van der Waals surface area (Å²) >= 11 is 0. The first-order valence-electron chi connectivity index (χ1n) is 12.2. The number of nitrogens with zero attached hydrogens (tertiary/aromatic N) is 2. The molecule has 2 aromatic carbocycles. The molecular formula is C28H35N3O4. The van der Waals surface area contributed by atoms with Gasteiger partial charge in [-0.15, -0.1) is 0 Å². The van der Waals surface area contributed by atoms with Gasteiger partial charge in [0.1, 0.15) is 5.75 Å². The first-order chi connectivity index (χ1) is 17.0. The zero-order valence-corrected chi connectivity index (χ0v) is 21.1. The Kier molecular flexibility index (Phi) is 7.95. The maximum absolute atomic E-state index is 13.0. The van der Waals surface area contributed by atoms with E-state index in [0.717, 1.165) is 53.9 Å². The summed E-state index contributed by atoms with van der Waals surface area (Å²) in [5, 5.41) is 3.12. The second-order valence-electron chi connectivity index (χ2n) is 9.10. The molecule has 4 rings (SSSR count). The van der Waals surface area contributed by atoms with E-state index < -0.39 is 0 Å². The van der Waals surface area contributed by atoms with Crippen LogP contribution in [-0.4, -0.2) is 36.8 Å². The molecule has 1 saturated carbocycles. The number of carbonyl (C=O) groups is 1. The van der Waals surface area contributed by atoms with Crippen LogP contribution in [0.1, 0.15) is 54.6 Å². The number of carbonyl (C=O) groups excluding carboxylic acids is 1. The summed E-state index contributed by atoms with van der Waals surface area (Å²) in [5.74, 6) is 2.95. The first kappa shape index (κ1) is 24.6. The van der Waals surface area contributed by atoms with Crippen molar-refractivity contribution in [2.45, 2.75) is 44.9 Å². The second kappa shape index (κ2) is 11.3. The van der Waals surface area contributed by atoms with Crippen LogP contribution < -0.4 is 19.5 Å². The van der Waals surface area contributed by atoms with Crippen LogP contribution in [0.25, 0.3) is 0 Å². The van der Waals surface area contributed by atoms with Crippen LogP contribution >= 0.6 is 0 Å². The molecule has 1 fully saturated rings. The van der Waals surface area contributed by atoms with Crippen molar-refractivity contribution in [3.8, 4) is 17.2 Å². The van der Waals surface area contributed by atoms with Gasteiger partial charge in [-0.25, -0.2) is 4.98 Å². The molecule has 35 heavy (non-hydrogen) atoms. The molecule has 0 spiro atoms. The minimum Gasteiger partial charge on any atom is -0.497 e. The number of ether oxygens (including phenoxy) is 3. The zero-order chi connectivity index (χ0) is 24.8. The predicted octanol–water partition coefficient (Wildman–Crippen LogP) is 5.15. The highest BCUT2D eigenvalue weighted by molar-refractivity contribution is 5.91. The average molecular weight is 478 g/mol. The lowest BCUT2D eigenvalue weighted by atomic mass is 9.89. The number of benzene rings is 2. The smallest absolute Gasteiger partial charge is 0.229 e. The second-order valence-corrected chi connectivity index (χ2v) is 9.10. The van der Waals surface area contributed by atoms with E-state index in [2.05, 4.69) is 5.32 Å². The zero-order valence-electron chi connectivity index (χ0n) is 21.1. The molecule has 0 atom stereocenters. The molecule has 0 aliphatic heterocycles. The van der Waals surface area contributed by atoms with E-state index in [4.69, 9.17) is 19.2 Å². The lowest BCUT2D eigenvalue weighted by molar-refractivity contribution is -0.120. The number of rotatable bonds is 9. The van der Waals surface area contributed by atoms with Crippen molar-refractivity contribution in [2.24, 2.45) is 13.0 Å². The van der Waals surface area contributed by atoms with E-state index in [0.29, 0.717) is 30.3 Å². The summed E-state index contributed by atoms with van der Waals surface area (Å²) < 4.78 is 18.2. The third-order valence-corrected chi connectivity index (χ3v) is 6.86. The van der Waals surface area contributed by atoms with Crippen LogP contribution in [0.4, 0.5) is 5.95 Å². The Hall–Kier alpha value is -3.48. The number of methoxy groups -OCH3 is 3. The number of aromatic nitrogens is 2. The highest BCUT2D eigenvalue weighted by Gasteiger charge is 2.24. The average Bonchev–Trinajstić information content (AvgIpc) is 3.18. The Labute approximate surface area is 207 Å². The van der Waals surface area contributed by atoms with Crippen molar-refractivity contribution in [1.29, 1.82) is 0 Å². The summed E-state index contributed by atoms with van der Waals surface area (Å²) in [6.07, 6.45) is 6.65. The largest absolute Gasteiger partial charge is 0.497 e. The van der Waals surface area contributed by atoms with Gasteiger partial charge in [0.15, 0.2) is 11.5 Å². The monoisotopic (exact) mass is 477 g/mol. The molecule has 0 radical (unpaired) electrons. The normalized spacial score (nSPS) is 13.9. The molecule has 1 aromatic heterocycles. The van der Waals surface area contributed by atoms with Crippen molar-refractivity contribution in [2.75, 3.05) is 26.6 Å². The summed E-state index contributed by atoms with van der Waals surface area (Å²) in [6.45, 7) is 0. The fourth-order valence-electron chi connectivity index (χ4n) is 4.76. The molecule has 7 nitrogen and oxygen atoms in total. The van der Waals surface area contributed by atoms with Gasteiger partial charge in [-0.1, -0.05) is 37.5 Å². The van der Waals surface area contributed by atoms with Crippen LogP contribution in [0.5, 0.6) is 17.2 Å². The van der Waals surface area contributed by atoms with Crippen LogP contribution in [0.3, 0.4) is 0 Å². The van der Waals surface area contributed by atoms with E-state index in [1.54, 1.807) is 21.3 Å². The SMILES string of the molecule is COc1ccc(Cc2nc(NC(=O)C3CCCCC3)n(C)c2Cc2ccc(OC)c(OC)c2)cc1. The van der Waals surface area contributed by atoms with Gasteiger partial charge in [-0.3, -0.25) is 10.1 Å². The number of amides is 1. The van der Waals surface area contributed by atoms with Gasteiger partial charge in [-0.05, 0) is 48.2 Å². The minimum absolute atomic E-state index is 0.0692. The highest BCUT2D eigenvalue weighted by atomic mass is 16.5. The molecule has 0 saturated heterocycles. The molecule has 3 aromatic rings. The Morgan fingerprint density at radius 3 is 2.26 bits per heavy atom. The molecule has 1 heterocycles. The summed E-state index contributed by atoms with van der Waals surface area (Å²) in [7, 11) is 6.90. The lowest BCUT2D eigenvalue weighted by Gasteiger charge is -2.20. The van der Waals surface area contributed by atoms with Crippen molar-refractivity contribution in [3.63, 3.8) is 0 Å². The van der Waals surface area contributed by atoms with Crippen molar-refractivity contribution in [1.82, 2.24) is 9.55 Å². The Morgan fingerprint density at radius 1 is 0.914 bits per heavy atom. The van der Waals surface area contributed by atoms with Crippen LogP contribution in [0, 0.1) is 5.92 Å². The fraction of sp³-hybridized carbons (Fsp3) is 0.429. The van der Waals surface area contributed by atoms with Crippen LogP contribution in [0.2, 0.25) is 0 Å². The van der Waals surface area contributed by atoms with Gasteiger partial charge in [0.2, 0.25) is 11.9 Å². The van der Waals surface area contributed by atoms with E-state index in [-0.39, 0.29) is 11.8 Å². The highest BCUT2D eigenvalue weighted by Crippen LogP contribution is 2.30. The van der Waals surface area contributed by atoms with E-state index >= 15 is 0 Å². The minimum atomic E-state index is 0.0692. The molecule has 1 amide bonds. The summed E-state index contributed by atoms with van der Waals surface area (Å²) in [6, 6.07) is 14.0. The van der Waals surface area contributed by atoms with Crippen molar-refractivity contribution in [3.05, 3.63) is 65.0 Å². The number of anilines is 1. The van der Waals surface area contributed by atoms with Gasteiger partial charge in [0.25, 0.3) is 0 Å². The topological polar surface area (TPSA) is 74.6 Å². The number of imidazole rings is 1. The molecule has 1 N–H and O–H groups in total. The molecule has 186 valence electrons.